The highest BCUT2D eigenvalue weighted by Crippen LogP contribution is 2.15. The zero-order chi connectivity index (χ0) is 11.9. The van der Waals surface area contributed by atoms with E-state index in [9.17, 15) is 18.5 Å². The highest BCUT2D eigenvalue weighted by atomic mass is 35.7. The molecule has 10 heteroatoms. The average molecular weight is 263 g/mol. The van der Waals surface area contributed by atoms with Gasteiger partial charge in [0.05, 0.1) is 4.92 Å². The van der Waals surface area contributed by atoms with Crippen molar-refractivity contribution in [1.82, 2.24) is 14.6 Å². The molecular weight excluding hydrogens is 260 g/mol. The van der Waals surface area contributed by atoms with Crippen molar-refractivity contribution in [2.45, 2.75) is 5.16 Å². The smallest absolute Gasteiger partial charge is 0.258 e. The van der Waals surface area contributed by atoms with Gasteiger partial charge in [0.15, 0.2) is 5.65 Å². The summed E-state index contributed by atoms with van der Waals surface area (Å²) < 4.78 is 22.8. The lowest BCUT2D eigenvalue weighted by Crippen LogP contribution is -1.95. The summed E-state index contributed by atoms with van der Waals surface area (Å²) in [6, 6.07) is 2.46. The van der Waals surface area contributed by atoms with Crippen molar-refractivity contribution in [2.75, 3.05) is 0 Å². The van der Waals surface area contributed by atoms with Crippen LogP contribution < -0.4 is 0 Å². The molecule has 16 heavy (non-hydrogen) atoms. The maximum Gasteiger partial charge on any atom is 0.298 e. The van der Waals surface area contributed by atoms with Crippen molar-refractivity contribution in [3.8, 4) is 0 Å². The number of nitro groups is 1. The quantitative estimate of drug-likeness (QED) is 0.445. The molecule has 2 heterocycles. The highest BCUT2D eigenvalue weighted by Gasteiger charge is 2.18. The summed E-state index contributed by atoms with van der Waals surface area (Å²) in [6.07, 6.45) is 1.05. The fourth-order valence-electron chi connectivity index (χ4n) is 1.06. The first-order valence-electron chi connectivity index (χ1n) is 3.83. The average Bonchev–Trinajstić information content (AvgIpc) is 2.58. The molecular formula is C6H3ClN4O4S. The minimum atomic E-state index is -4.04. The van der Waals surface area contributed by atoms with Crippen molar-refractivity contribution in [3.63, 3.8) is 0 Å². The second-order valence-corrected chi connectivity index (χ2v) is 5.24. The van der Waals surface area contributed by atoms with Gasteiger partial charge >= 0.3 is 0 Å². The second-order valence-electron chi connectivity index (χ2n) is 2.78. The molecule has 0 atom stereocenters. The largest absolute Gasteiger partial charge is 0.298 e. The van der Waals surface area contributed by atoms with Gasteiger partial charge in [-0.05, 0) is 6.07 Å². The predicted molar refractivity (Wildman–Crippen MR) is 52.7 cm³/mol. The molecule has 0 aliphatic heterocycles. The molecule has 2 rings (SSSR count). The van der Waals surface area contributed by atoms with Crippen LogP contribution in [-0.2, 0) is 9.05 Å². The fourth-order valence-corrected chi connectivity index (χ4v) is 1.65. The van der Waals surface area contributed by atoms with Gasteiger partial charge in [0, 0.05) is 16.7 Å². The van der Waals surface area contributed by atoms with E-state index in [-0.39, 0.29) is 11.3 Å². The normalized spacial score (nSPS) is 11.8. The molecule has 0 aliphatic rings. The molecule has 0 radical (unpaired) electrons. The zero-order valence-corrected chi connectivity index (χ0v) is 9.01. The third-order valence-electron chi connectivity index (χ3n) is 1.72. The van der Waals surface area contributed by atoms with Crippen molar-refractivity contribution in [2.24, 2.45) is 0 Å². The van der Waals surface area contributed by atoms with Crippen molar-refractivity contribution >= 4 is 31.1 Å². The molecule has 0 N–H and O–H groups in total. The Morgan fingerprint density at radius 3 is 2.69 bits per heavy atom. The Bertz CT molecular complexity index is 679. The molecule has 0 unspecified atom stereocenters. The number of nitrogens with zero attached hydrogens (tertiary/aromatic N) is 4. The van der Waals surface area contributed by atoms with Crippen LogP contribution in [0.1, 0.15) is 0 Å². The number of hydrogen-bond acceptors (Lipinski definition) is 6. The molecule has 0 amide bonds. The number of aromatic nitrogens is 3. The van der Waals surface area contributed by atoms with E-state index >= 15 is 0 Å². The molecule has 0 saturated heterocycles. The molecule has 0 saturated carbocycles. The van der Waals surface area contributed by atoms with Crippen LogP contribution in [-0.4, -0.2) is 27.9 Å². The van der Waals surface area contributed by atoms with Gasteiger partial charge in [-0.1, -0.05) is 0 Å². The summed E-state index contributed by atoms with van der Waals surface area (Å²) >= 11 is 0. The monoisotopic (exact) mass is 262 g/mol. The summed E-state index contributed by atoms with van der Waals surface area (Å²) in [6.45, 7) is 0. The summed E-state index contributed by atoms with van der Waals surface area (Å²) in [5.41, 5.74) is -0.0688. The Kier molecular flexibility index (Phi) is 2.28. The first-order valence-corrected chi connectivity index (χ1v) is 6.14. The molecule has 0 fully saturated rings. The standard InChI is InChI=1S/C6H3ClN4O4S/c7-16(14,15)6-8-5-2-1-4(11(12)13)3-10(5)9-6/h1-3H. The SMILES string of the molecule is O=[N+]([O-])c1ccc2nc(S(=O)(=O)Cl)nn2c1. The van der Waals surface area contributed by atoms with Gasteiger partial charge in [0.1, 0.15) is 6.20 Å². The molecule has 0 aromatic carbocycles. The fraction of sp³-hybridized carbons (Fsp3) is 0. The van der Waals surface area contributed by atoms with Gasteiger partial charge in [-0.25, -0.2) is 12.9 Å². The van der Waals surface area contributed by atoms with E-state index in [4.69, 9.17) is 10.7 Å². The van der Waals surface area contributed by atoms with E-state index in [0.717, 1.165) is 10.7 Å². The summed E-state index contributed by atoms with van der Waals surface area (Å²) in [4.78, 5) is 13.4. The number of hydrogen-bond donors (Lipinski definition) is 0. The van der Waals surface area contributed by atoms with Crippen molar-refractivity contribution < 1.29 is 13.3 Å². The van der Waals surface area contributed by atoms with E-state index in [1.54, 1.807) is 0 Å². The first-order chi connectivity index (χ1) is 7.38. The zero-order valence-electron chi connectivity index (χ0n) is 7.44. The van der Waals surface area contributed by atoms with Crippen LogP contribution in [0.15, 0.2) is 23.5 Å². The van der Waals surface area contributed by atoms with E-state index in [2.05, 4.69) is 10.1 Å². The topological polar surface area (TPSA) is 107 Å². The minimum Gasteiger partial charge on any atom is -0.258 e. The number of halogens is 1. The molecule has 84 valence electrons. The Morgan fingerprint density at radius 2 is 2.12 bits per heavy atom. The summed E-state index contributed by atoms with van der Waals surface area (Å²) in [7, 11) is 0.994. The maximum absolute atomic E-state index is 10.9. The minimum absolute atomic E-state index is 0.157. The Morgan fingerprint density at radius 1 is 1.44 bits per heavy atom. The van der Waals surface area contributed by atoms with Crippen LogP contribution >= 0.6 is 10.7 Å². The molecule has 0 spiro atoms. The third kappa shape index (κ3) is 1.82. The van der Waals surface area contributed by atoms with Crippen LogP contribution in [0.4, 0.5) is 5.69 Å². The number of fused-ring (bicyclic) bond motifs is 1. The Hall–Kier alpha value is -1.74. The van der Waals surface area contributed by atoms with Crippen LogP contribution in [0, 0.1) is 10.1 Å². The summed E-state index contributed by atoms with van der Waals surface area (Å²) in [5.74, 6) is 0. The van der Waals surface area contributed by atoms with Gasteiger partial charge in [0.25, 0.3) is 19.9 Å². The molecule has 0 bridgehead atoms. The molecule has 2 aromatic heterocycles. The second kappa shape index (κ2) is 3.39. The first kappa shape index (κ1) is 10.8. The Labute approximate surface area is 93.0 Å². The van der Waals surface area contributed by atoms with Crippen LogP contribution in [0.2, 0.25) is 0 Å². The third-order valence-corrected chi connectivity index (χ3v) is 2.75. The van der Waals surface area contributed by atoms with E-state index in [1.807, 2.05) is 0 Å². The summed E-state index contributed by atoms with van der Waals surface area (Å²) in [5, 5.41) is 13.4. The van der Waals surface area contributed by atoms with Crippen molar-refractivity contribution in [3.05, 3.63) is 28.4 Å². The van der Waals surface area contributed by atoms with Gasteiger partial charge in [0.2, 0.25) is 0 Å². The van der Waals surface area contributed by atoms with Gasteiger partial charge in [-0.3, -0.25) is 10.1 Å². The van der Waals surface area contributed by atoms with E-state index in [0.29, 0.717) is 0 Å². The highest BCUT2D eigenvalue weighted by molar-refractivity contribution is 8.13. The number of pyridine rings is 1. The van der Waals surface area contributed by atoms with Crippen LogP contribution in [0.25, 0.3) is 5.65 Å². The van der Waals surface area contributed by atoms with E-state index < -0.39 is 19.1 Å². The van der Waals surface area contributed by atoms with E-state index in [1.165, 1.54) is 12.1 Å². The number of rotatable bonds is 2. The van der Waals surface area contributed by atoms with Crippen LogP contribution in [0.5, 0.6) is 0 Å². The van der Waals surface area contributed by atoms with Crippen molar-refractivity contribution in [1.29, 1.82) is 0 Å². The van der Waals surface area contributed by atoms with Crippen LogP contribution in [0.3, 0.4) is 0 Å². The lowest BCUT2D eigenvalue weighted by molar-refractivity contribution is -0.385. The lowest BCUT2D eigenvalue weighted by Gasteiger charge is -1.90. The lowest BCUT2D eigenvalue weighted by atomic mass is 10.4. The van der Waals surface area contributed by atoms with Gasteiger partial charge in [-0.2, -0.15) is 4.98 Å². The molecule has 2 aromatic rings. The maximum atomic E-state index is 10.9. The molecule has 0 aliphatic carbocycles. The molecule has 8 nitrogen and oxygen atoms in total. The van der Waals surface area contributed by atoms with Gasteiger partial charge in [-0.15, -0.1) is 5.10 Å². The Balaban J connectivity index is 2.68. The van der Waals surface area contributed by atoms with Gasteiger partial charge < -0.3 is 0 Å². The predicted octanol–water partition coefficient (Wildman–Crippen LogP) is 0.565.